The quantitative estimate of drug-likeness (QED) is 0.780. The van der Waals surface area contributed by atoms with Gasteiger partial charge in [-0.1, -0.05) is 30.3 Å². The molecule has 0 fully saturated rings. The number of aliphatic hydroxyl groups excluding tert-OH is 1. The number of aliphatic hydroxyl groups is 1. The summed E-state index contributed by atoms with van der Waals surface area (Å²) in [7, 11) is 1.74. The first-order chi connectivity index (χ1) is 9.59. The van der Waals surface area contributed by atoms with E-state index in [0.29, 0.717) is 11.1 Å². The van der Waals surface area contributed by atoms with Gasteiger partial charge in [0, 0.05) is 18.0 Å². The maximum atomic E-state index is 13.8. The molecule has 0 bridgehead atoms. The van der Waals surface area contributed by atoms with Gasteiger partial charge in [0.1, 0.15) is 11.8 Å². The number of rotatable bonds is 2. The van der Waals surface area contributed by atoms with Crippen LogP contribution in [0.1, 0.15) is 17.4 Å². The van der Waals surface area contributed by atoms with Crippen LogP contribution >= 0.6 is 0 Å². The number of hydrogen-bond donors (Lipinski definition) is 1. The number of fused-ring (bicyclic) bond motifs is 1. The average molecular weight is 274 g/mol. The molecule has 1 atom stereocenters. The topological polar surface area (TPSA) is 38.0 Å². The number of halogens is 2. The summed E-state index contributed by atoms with van der Waals surface area (Å²) in [4.78, 5) is 0. The zero-order valence-electron chi connectivity index (χ0n) is 10.7. The highest BCUT2D eigenvalue weighted by Gasteiger charge is 2.22. The molecule has 0 aliphatic carbocycles. The Morgan fingerprint density at radius 2 is 1.85 bits per heavy atom. The largest absolute Gasteiger partial charge is 0.382 e. The SMILES string of the molecule is Cn1nc(C(O)c2cccc(F)c2F)c2ccccc21. The van der Waals surface area contributed by atoms with Crippen LogP contribution in [0.2, 0.25) is 0 Å². The molecule has 5 heteroatoms. The summed E-state index contributed by atoms with van der Waals surface area (Å²) >= 11 is 0. The number of para-hydroxylation sites is 1. The monoisotopic (exact) mass is 274 g/mol. The normalized spacial score (nSPS) is 12.8. The molecule has 1 heterocycles. The van der Waals surface area contributed by atoms with Crippen molar-refractivity contribution in [1.82, 2.24) is 9.78 Å². The summed E-state index contributed by atoms with van der Waals surface area (Å²) in [5.74, 6) is -2.03. The van der Waals surface area contributed by atoms with Gasteiger partial charge in [0.15, 0.2) is 11.6 Å². The van der Waals surface area contributed by atoms with Crippen molar-refractivity contribution in [1.29, 1.82) is 0 Å². The highest BCUT2D eigenvalue weighted by molar-refractivity contribution is 5.82. The molecule has 1 aromatic heterocycles. The minimum atomic E-state index is -1.31. The molecule has 1 N–H and O–H groups in total. The Balaban J connectivity index is 2.18. The van der Waals surface area contributed by atoms with Crippen LogP contribution in [0, 0.1) is 11.6 Å². The molecular formula is C15H12F2N2O. The van der Waals surface area contributed by atoms with Gasteiger partial charge in [-0.2, -0.15) is 5.10 Å². The molecule has 1 unspecified atom stereocenters. The molecule has 20 heavy (non-hydrogen) atoms. The molecule has 0 saturated heterocycles. The fourth-order valence-electron chi connectivity index (χ4n) is 2.32. The first-order valence-corrected chi connectivity index (χ1v) is 6.13. The van der Waals surface area contributed by atoms with E-state index in [1.807, 2.05) is 18.2 Å². The molecular weight excluding hydrogens is 262 g/mol. The molecule has 3 rings (SSSR count). The van der Waals surface area contributed by atoms with Crippen molar-refractivity contribution in [2.24, 2.45) is 7.05 Å². The van der Waals surface area contributed by atoms with Crippen LogP contribution in [-0.2, 0) is 7.05 Å². The molecule has 0 saturated carbocycles. The summed E-state index contributed by atoms with van der Waals surface area (Å²) in [6, 6.07) is 11.0. The smallest absolute Gasteiger partial charge is 0.165 e. The van der Waals surface area contributed by atoms with E-state index in [4.69, 9.17) is 0 Å². The number of nitrogens with zero attached hydrogens (tertiary/aromatic N) is 2. The van der Waals surface area contributed by atoms with Gasteiger partial charge < -0.3 is 5.11 Å². The predicted molar refractivity (Wildman–Crippen MR) is 71.1 cm³/mol. The van der Waals surface area contributed by atoms with E-state index in [-0.39, 0.29) is 5.56 Å². The molecule has 102 valence electrons. The molecule has 3 nitrogen and oxygen atoms in total. The van der Waals surface area contributed by atoms with Crippen molar-refractivity contribution >= 4 is 10.9 Å². The highest BCUT2D eigenvalue weighted by Crippen LogP contribution is 2.29. The van der Waals surface area contributed by atoms with Gasteiger partial charge in [0.05, 0.1) is 5.52 Å². The van der Waals surface area contributed by atoms with Crippen molar-refractivity contribution in [3.8, 4) is 0 Å². The summed E-state index contributed by atoms with van der Waals surface area (Å²) in [5.41, 5.74) is 1.01. The van der Waals surface area contributed by atoms with E-state index < -0.39 is 17.7 Å². The Bertz CT molecular complexity index is 783. The van der Waals surface area contributed by atoms with Crippen LogP contribution in [0.5, 0.6) is 0 Å². The number of hydrogen-bond acceptors (Lipinski definition) is 2. The van der Waals surface area contributed by atoms with Crippen molar-refractivity contribution in [3.05, 3.63) is 65.4 Å². The predicted octanol–water partition coefficient (Wildman–Crippen LogP) is 2.93. The Kier molecular flexibility index (Phi) is 2.99. The van der Waals surface area contributed by atoms with Gasteiger partial charge in [0.25, 0.3) is 0 Å². The number of aryl methyl sites for hydroxylation is 1. The van der Waals surface area contributed by atoms with Crippen LogP contribution in [-0.4, -0.2) is 14.9 Å². The van der Waals surface area contributed by atoms with Gasteiger partial charge in [-0.05, 0) is 12.1 Å². The van der Waals surface area contributed by atoms with E-state index in [0.717, 1.165) is 11.6 Å². The lowest BCUT2D eigenvalue weighted by Gasteiger charge is -2.10. The van der Waals surface area contributed by atoms with Crippen LogP contribution < -0.4 is 0 Å². The zero-order valence-corrected chi connectivity index (χ0v) is 10.7. The van der Waals surface area contributed by atoms with E-state index in [2.05, 4.69) is 5.10 Å². The summed E-state index contributed by atoms with van der Waals surface area (Å²) in [6.45, 7) is 0. The maximum Gasteiger partial charge on any atom is 0.165 e. The Morgan fingerprint density at radius 3 is 2.65 bits per heavy atom. The Labute approximate surface area is 114 Å². The Morgan fingerprint density at radius 1 is 1.10 bits per heavy atom. The van der Waals surface area contributed by atoms with Crippen molar-refractivity contribution in [2.75, 3.05) is 0 Å². The third-order valence-corrected chi connectivity index (χ3v) is 3.32. The molecule has 0 radical (unpaired) electrons. The van der Waals surface area contributed by atoms with E-state index in [9.17, 15) is 13.9 Å². The minimum absolute atomic E-state index is 0.117. The second-order valence-electron chi connectivity index (χ2n) is 4.57. The van der Waals surface area contributed by atoms with Crippen LogP contribution in [0.3, 0.4) is 0 Å². The second kappa shape index (κ2) is 4.68. The van der Waals surface area contributed by atoms with Crippen LogP contribution in [0.15, 0.2) is 42.5 Å². The summed E-state index contributed by atoms with van der Waals surface area (Å²) < 4.78 is 28.6. The molecule has 2 aromatic carbocycles. The van der Waals surface area contributed by atoms with E-state index >= 15 is 0 Å². The fraction of sp³-hybridized carbons (Fsp3) is 0.133. The lowest BCUT2D eigenvalue weighted by atomic mass is 10.0. The molecule has 0 aliphatic rings. The van der Waals surface area contributed by atoms with Crippen molar-refractivity contribution < 1.29 is 13.9 Å². The summed E-state index contributed by atoms with van der Waals surface area (Å²) in [5, 5.41) is 15.3. The van der Waals surface area contributed by atoms with E-state index in [1.54, 1.807) is 17.8 Å². The van der Waals surface area contributed by atoms with Gasteiger partial charge in [-0.15, -0.1) is 0 Å². The second-order valence-corrected chi connectivity index (χ2v) is 4.57. The molecule has 0 spiro atoms. The summed E-state index contributed by atoms with van der Waals surface area (Å²) in [6.07, 6.45) is -1.31. The fourth-order valence-corrected chi connectivity index (χ4v) is 2.32. The molecule has 0 aliphatic heterocycles. The van der Waals surface area contributed by atoms with Gasteiger partial charge in [-0.25, -0.2) is 8.78 Å². The van der Waals surface area contributed by atoms with Gasteiger partial charge in [0.2, 0.25) is 0 Å². The Hall–Kier alpha value is -2.27. The van der Waals surface area contributed by atoms with Gasteiger partial charge >= 0.3 is 0 Å². The minimum Gasteiger partial charge on any atom is -0.382 e. The lowest BCUT2D eigenvalue weighted by Crippen LogP contribution is -2.06. The highest BCUT2D eigenvalue weighted by atomic mass is 19.2. The standard InChI is InChI=1S/C15H12F2N2O/c1-19-12-8-3-2-5-9(12)14(18-19)15(20)10-6-4-7-11(16)13(10)17/h2-8,15,20H,1H3. The van der Waals surface area contributed by atoms with Crippen molar-refractivity contribution in [2.45, 2.75) is 6.10 Å². The maximum absolute atomic E-state index is 13.8. The van der Waals surface area contributed by atoms with Crippen LogP contribution in [0.4, 0.5) is 8.78 Å². The first kappa shape index (κ1) is 12.7. The average Bonchev–Trinajstić information content (AvgIpc) is 2.79. The van der Waals surface area contributed by atoms with Crippen molar-refractivity contribution in [3.63, 3.8) is 0 Å². The van der Waals surface area contributed by atoms with Crippen LogP contribution in [0.25, 0.3) is 10.9 Å². The number of aromatic nitrogens is 2. The first-order valence-electron chi connectivity index (χ1n) is 6.13. The van der Waals surface area contributed by atoms with Gasteiger partial charge in [-0.3, -0.25) is 4.68 Å². The molecule has 3 aromatic rings. The van der Waals surface area contributed by atoms with E-state index in [1.165, 1.54) is 12.1 Å². The zero-order chi connectivity index (χ0) is 14.3. The number of benzene rings is 2. The third kappa shape index (κ3) is 1.87. The molecule has 0 amide bonds. The third-order valence-electron chi connectivity index (χ3n) is 3.32. The lowest BCUT2D eigenvalue weighted by molar-refractivity contribution is 0.209.